The first-order valence-electron chi connectivity index (χ1n) is 6.63. The van der Waals surface area contributed by atoms with Gasteiger partial charge in [-0.1, -0.05) is 6.08 Å². The van der Waals surface area contributed by atoms with Crippen LogP contribution in [-0.2, 0) is 0 Å². The zero-order chi connectivity index (χ0) is 15.5. The Balaban J connectivity index is 1.78. The number of hydrogen-bond donors (Lipinski definition) is 0. The van der Waals surface area contributed by atoms with Gasteiger partial charge in [-0.05, 0) is 64.0 Å². The molecule has 0 saturated carbocycles. The van der Waals surface area contributed by atoms with Crippen LogP contribution < -0.4 is 14.2 Å². The first-order chi connectivity index (χ1) is 10.7. The van der Waals surface area contributed by atoms with Crippen LogP contribution >= 0.6 is 15.9 Å². The Morgan fingerprint density at radius 1 is 1.23 bits per heavy atom. The number of carbonyl (C=O) groups is 1. The fraction of sp³-hybridized carbons (Fsp3) is 0.118. The molecular weight excluding hydrogens is 348 g/mol. The van der Waals surface area contributed by atoms with Crippen molar-refractivity contribution in [1.82, 2.24) is 0 Å². The summed E-state index contributed by atoms with van der Waals surface area (Å²) in [4.78, 5) is 12.1. The van der Waals surface area contributed by atoms with Crippen LogP contribution in [0.3, 0.4) is 0 Å². The predicted octanol–water partition coefficient (Wildman–Crippen LogP) is 4.08. The molecule has 0 unspecified atom stereocenters. The van der Waals surface area contributed by atoms with E-state index < -0.39 is 0 Å². The van der Waals surface area contributed by atoms with Gasteiger partial charge in [0.2, 0.25) is 6.79 Å². The summed E-state index contributed by atoms with van der Waals surface area (Å²) in [6, 6.07) is 10.7. The molecule has 0 amide bonds. The van der Waals surface area contributed by atoms with E-state index in [2.05, 4.69) is 15.9 Å². The quantitative estimate of drug-likeness (QED) is 0.608. The van der Waals surface area contributed by atoms with E-state index in [9.17, 15) is 4.79 Å². The highest BCUT2D eigenvalue weighted by Crippen LogP contribution is 2.40. The van der Waals surface area contributed by atoms with Crippen LogP contribution in [0.15, 0.2) is 46.9 Å². The number of methoxy groups -OCH3 is 1. The van der Waals surface area contributed by atoms with Crippen molar-refractivity contribution in [2.75, 3.05) is 13.9 Å². The molecule has 0 aromatic heterocycles. The normalized spacial score (nSPS) is 12.6. The highest BCUT2D eigenvalue weighted by Gasteiger charge is 2.17. The molecule has 0 spiro atoms. The second-order valence-corrected chi connectivity index (χ2v) is 5.52. The smallest absolute Gasteiger partial charge is 0.231 e. The zero-order valence-electron chi connectivity index (χ0n) is 11.8. The number of benzene rings is 2. The Morgan fingerprint density at radius 2 is 2.00 bits per heavy atom. The van der Waals surface area contributed by atoms with Gasteiger partial charge in [0.25, 0.3) is 0 Å². The molecule has 112 valence electrons. The lowest BCUT2D eigenvalue weighted by atomic mass is 10.1. The van der Waals surface area contributed by atoms with Crippen molar-refractivity contribution in [3.8, 4) is 17.2 Å². The molecule has 0 radical (unpaired) electrons. The largest absolute Gasteiger partial charge is 0.497 e. The summed E-state index contributed by atoms with van der Waals surface area (Å²) in [6.07, 6.45) is 3.28. The molecule has 1 aliphatic rings. The standard InChI is InChI=1S/C17H13BrO4/c1-20-13-5-3-12(4-6-13)15(19)7-2-11-8-14(18)17-16(9-11)21-10-22-17/h2-9H,10H2,1H3/b7-2+. The van der Waals surface area contributed by atoms with E-state index in [4.69, 9.17) is 14.2 Å². The molecule has 0 saturated heterocycles. The van der Waals surface area contributed by atoms with Crippen LogP contribution in [0.4, 0.5) is 0 Å². The third-order valence-electron chi connectivity index (χ3n) is 3.25. The molecule has 2 aromatic carbocycles. The van der Waals surface area contributed by atoms with E-state index in [1.54, 1.807) is 37.5 Å². The van der Waals surface area contributed by atoms with Gasteiger partial charge in [-0.3, -0.25) is 4.79 Å². The number of hydrogen-bond acceptors (Lipinski definition) is 4. The van der Waals surface area contributed by atoms with Gasteiger partial charge >= 0.3 is 0 Å². The Kier molecular flexibility index (Phi) is 4.15. The van der Waals surface area contributed by atoms with Crippen molar-refractivity contribution < 1.29 is 19.0 Å². The first-order valence-corrected chi connectivity index (χ1v) is 7.42. The Bertz CT molecular complexity index is 735. The third kappa shape index (κ3) is 2.99. The Morgan fingerprint density at radius 3 is 2.73 bits per heavy atom. The topological polar surface area (TPSA) is 44.8 Å². The average Bonchev–Trinajstić information content (AvgIpc) is 3.02. The van der Waals surface area contributed by atoms with E-state index in [0.29, 0.717) is 17.1 Å². The van der Waals surface area contributed by atoms with Crippen LogP contribution in [0.2, 0.25) is 0 Å². The average molecular weight is 361 g/mol. The van der Waals surface area contributed by atoms with E-state index in [1.165, 1.54) is 6.08 Å². The fourth-order valence-corrected chi connectivity index (χ4v) is 2.68. The van der Waals surface area contributed by atoms with E-state index in [-0.39, 0.29) is 12.6 Å². The molecule has 0 bridgehead atoms. The predicted molar refractivity (Wildman–Crippen MR) is 86.6 cm³/mol. The molecule has 3 rings (SSSR count). The van der Waals surface area contributed by atoms with Gasteiger partial charge in [0.15, 0.2) is 17.3 Å². The van der Waals surface area contributed by atoms with Crippen LogP contribution in [0.5, 0.6) is 17.2 Å². The summed E-state index contributed by atoms with van der Waals surface area (Å²) in [6.45, 7) is 0.214. The molecular formula is C17H13BrO4. The molecule has 0 atom stereocenters. The summed E-state index contributed by atoms with van der Waals surface area (Å²) in [7, 11) is 1.59. The van der Waals surface area contributed by atoms with Crippen LogP contribution in [0, 0.1) is 0 Å². The Labute approximate surface area is 136 Å². The van der Waals surface area contributed by atoms with Gasteiger partial charge < -0.3 is 14.2 Å². The number of carbonyl (C=O) groups excluding carboxylic acids is 1. The minimum Gasteiger partial charge on any atom is -0.497 e. The number of fused-ring (bicyclic) bond motifs is 1. The summed E-state index contributed by atoms with van der Waals surface area (Å²) >= 11 is 3.43. The van der Waals surface area contributed by atoms with Gasteiger partial charge in [-0.15, -0.1) is 0 Å². The number of allylic oxidation sites excluding steroid dienone is 1. The van der Waals surface area contributed by atoms with Crippen LogP contribution in [0.25, 0.3) is 6.08 Å². The van der Waals surface area contributed by atoms with Gasteiger partial charge in [0.05, 0.1) is 11.6 Å². The monoisotopic (exact) mass is 360 g/mol. The summed E-state index contributed by atoms with van der Waals surface area (Å²) in [5, 5.41) is 0. The molecule has 1 aliphatic heterocycles. The minimum atomic E-state index is -0.0727. The van der Waals surface area contributed by atoms with E-state index >= 15 is 0 Å². The van der Waals surface area contributed by atoms with Gasteiger partial charge in [0.1, 0.15) is 5.75 Å². The van der Waals surface area contributed by atoms with Gasteiger partial charge in [0, 0.05) is 5.56 Å². The Hall–Kier alpha value is -2.27. The zero-order valence-corrected chi connectivity index (χ0v) is 13.4. The molecule has 0 aliphatic carbocycles. The number of ether oxygens (including phenoxy) is 3. The molecule has 2 aromatic rings. The first kappa shape index (κ1) is 14.7. The molecule has 0 N–H and O–H groups in total. The van der Waals surface area contributed by atoms with Crippen molar-refractivity contribution in [3.05, 3.63) is 58.1 Å². The van der Waals surface area contributed by atoms with Crippen molar-refractivity contribution in [3.63, 3.8) is 0 Å². The van der Waals surface area contributed by atoms with Crippen molar-refractivity contribution in [1.29, 1.82) is 0 Å². The van der Waals surface area contributed by atoms with Crippen LogP contribution in [-0.4, -0.2) is 19.7 Å². The summed E-state index contributed by atoms with van der Waals surface area (Å²) in [5.74, 6) is 2.02. The molecule has 1 heterocycles. The molecule has 22 heavy (non-hydrogen) atoms. The lowest BCUT2D eigenvalue weighted by molar-refractivity contribution is 0.104. The van der Waals surface area contributed by atoms with Crippen molar-refractivity contribution >= 4 is 27.8 Å². The lowest BCUT2D eigenvalue weighted by Crippen LogP contribution is -1.94. The maximum Gasteiger partial charge on any atom is 0.231 e. The number of ketones is 1. The third-order valence-corrected chi connectivity index (χ3v) is 3.84. The number of halogens is 1. The fourth-order valence-electron chi connectivity index (χ4n) is 2.11. The molecule has 0 fully saturated rings. The summed E-state index contributed by atoms with van der Waals surface area (Å²) < 4.78 is 16.6. The maximum atomic E-state index is 12.1. The minimum absolute atomic E-state index is 0.0727. The van der Waals surface area contributed by atoms with Crippen LogP contribution in [0.1, 0.15) is 15.9 Å². The van der Waals surface area contributed by atoms with E-state index in [1.807, 2.05) is 12.1 Å². The SMILES string of the molecule is COc1ccc(C(=O)/C=C/c2cc(Br)c3c(c2)OCO3)cc1. The lowest BCUT2D eigenvalue weighted by Gasteiger charge is -2.02. The van der Waals surface area contributed by atoms with E-state index in [0.717, 1.165) is 15.8 Å². The molecule has 5 heteroatoms. The second kappa shape index (κ2) is 6.23. The molecule has 4 nitrogen and oxygen atoms in total. The highest BCUT2D eigenvalue weighted by atomic mass is 79.9. The highest BCUT2D eigenvalue weighted by molar-refractivity contribution is 9.10. The van der Waals surface area contributed by atoms with Gasteiger partial charge in [-0.25, -0.2) is 0 Å². The summed E-state index contributed by atoms with van der Waals surface area (Å²) in [5.41, 5.74) is 1.47. The maximum absolute atomic E-state index is 12.1. The second-order valence-electron chi connectivity index (χ2n) is 4.66. The van der Waals surface area contributed by atoms with Crippen molar-refractivity contribution in [2.24, 2.45) is 0 Å². The van der Waals surface area contributed by atoms with Crippen molar-refractivity contribution in [2.45, 2.75) is 0 Å². The number of rotatable bonds is 4. The van der Waals surface area contributed by atoms with Gasteiger partial charge in [-0.2, -0.15) is 0 Å².